The Hall–Kier alpha value is -1.30. The number of ether oxygens (including phenoxy) is 1. The van der Waals surface area contributed by atoms with Gasteiger partial charge in [0.1, 0.15) is 23.9 Å². The number of amides is 2. The second kappa shape index (κ2) is 4.91. The SMILES string of the molecule is CC1(O)CN([C@@H]2O[C@H](CO)[C@@H](O)[C@H]2O)C(=O)N(O)C1=N. The van der Waals surface area contributed by atoms with Crippen molar-refractivity contribution in [2.75, 3.05) is 13.2 Å². The maximum Gasteiger partial charge on any atom is 0.352 e. The van der Waals surface area contributed by atoms with Crippen LogP contribution >= 0.6 is 0 Å². The topological polar surface area (TPSA) is 158 Å². The van der Waals surface area contributed by atoms with Gasteiger partial charge in [-0.1, -0.05) is 0 Å². The zero-order chi connectivity index (χ0) is 15.2. The smallest absolute Gasteiger partial charge is 0.352 e. The first-order valence-electron chi connectivity index (χ1n) is 5.94. The molecule has 0 saturated carbocycles. The number of rotatable bonds is 2. The van der Waals surface area contributed by atoms with Crippen LogP contribution in [0.25, 0.3) is 0 Å². The van der Waals surface area contributed by atoms with Gasteiger partial charge in [0.05, 0.1) is 13.2 Å². The number of aliphatic hydroxyl groups is 4. The number of hydrogen-bond donors (Lipinski definition) is 6. The lowest BCUT2D eigenvalue weighted by molar-refractivity contribution is -0.124. The van der Waals surface area contributed by atoms with Gasteiger partial charge in [0.2, 0.25) is 0 Å². The maximum absolute atomic E-state index is 11.9. The van der Waals surface area contributed by atoms with Crippen molar-refractivity contribution >= 4 is 11.9 Å². The lowest BCUT2D eigenvalue weighted by Crippen LogP contribution is -2.66. The molecule has 20 heavy (non-hydrogen) atoms. The molecule has 2 fully saturated rings. The van der Waals surface area contributed by atoms with Gasteiger partial charge in [-0.25, -0.2) is 4.79 Å². The Balaban J connectivity index is 2.24. The van der Waals surface area contributed by atoms with Gasteiger partial charge >= 0.3 is 6.03 Å². The van der Waals surface area contributed by atoms with Crippen molar-refractivity contribution in [3.63, 3.8) is 0 Å². The third-order valence-corrected chi connectivity index (χ3v) is 3.45. The highest BCUT2D eigenvalue weighted by Crippen LogP contribution is 2.29. The number of urea groups is 1. The highest BCUT2D eigenvalue weighted by atomic mass is 16.6. The molecular weight excluding hydrogens is 274 g/mol. The summed E-state index contributed by atoms with van der Waals surface area (Å²) in [6.07, 6.45) is -5.34. The first-order valence-corrected chi connectivity index (χ1v) is 5.94. The minimum atomic E-state index is -1.84. The van der Waals surface area contributed by atoms with Gasteiger partial charge < -0.3 is 25.2 Å². The Labute approximate surface area is 113 Å². The number of carbonyl (C=O) groups is 1. The Morgan fingerprint density at radius 1 is 1.45 bits per heavy atom. The third kappa shape index (κ3) is 2.16. The van der Waals surface area contributed by atoms with Gasteiger partial charge in [-0.2, -0.15) is 5.06 Å². The number of β-amino-alcohol motifs (C(OH)–C–C–N with tert-alkyl or cyclic N) is 1. The molecule has 0 radical (unpaired) electrons. The zero-order valence-electron chi connectivity index (χ0n) is 10.7. The molecule has 2 amide bonds. The quantitative estimate of drug-likeness (QED) is 0.302. The molecule has 6 N–H and O–H groups in total. The summed E-state index contributed by atoms with van der Waals surface area (Å²) in [5.74, 6) is -0.703. The fourth-order valence-electron chi connectivity index (χ4n) is 2.26. The summed E-state index contributed by atoms with van der Waals surface area (Å²) in [6, 6.07) is -1.07. The van der Waals surface area contributed by atoms with E-state index in [1.807, 2.05) is 0 Å². The molecule has 2 rings (SSSR count). The van der Waals surface area contributed by atoms with Crippen molar-refractivity contribution in [1.82, 2.24) is 9.96 Å². The summed E-state index contributed by atoms with van der Waals surface area (Å²) in [5.41, 5.74) is -1.84. The van der Waals surface area contributed by atoms with Crippen molar-refractivity contribution in [1.29, 1.82) is 5.41 Å². The largest absolute Gasteiger partial charge is 0.394 e. The minimum Gasteiger partial charge on any atom is -0.394 e. The Kier molecular flexibility index (Phi) is 3.71. The van der Waals surface area contributed by atoms with Crippen molar-refractivity contribution < 1.29 is 35.2 Å². The van der Waals surface area contributed by atoms with Crippen LogP contribution in [0.5, 0.6) is 0 Å². The summed E-state index contributed by atoms with van der Waals surface area (Å²) in [7, 11) is 0. The van der Waals surface area contributed by atoms with Crippen LogP contribution in [-0.4, -0.2) is 90.8 Å². The molecule has 2 aliphatic heterocycles. The van der Waals surface area contributed by atoms with Crippen LogP contribution < -0.4 is 0 Å². The highest BCUT2D eigenvalue weighted by molar-refractivity contribution is 6.01. The van der Waals surface area contributed by atoms with Gasteiger partial charge in [-0.15, -0.1) is 0 Å². The van der Waals surface area contributed by atoms with Gasteiger partial charge in [0, 0.05) is 0 Å². The molecule has 2 aliphatic rings. The van der Waals surface area contributed by atoms with Crippen molar-refractivity contribution in [3.8, 4) is 0 Å². The number of hydroxylamine groups is 2. The molecule has 0 aliphatic carbocycles. The standard InChI is InChI=1S/C10H17N3O7/c1-10(18)3-12(9(17)13(19)8(10)11)7-6(16)5(15)4(2-14)20-7/h4-7,11,14-16,18-19H,2-3H2,1H3/t4-,5-,6-,7-,10?/m1/s1. The molecule has 0 bridgehead atoms. The molecule has 0 aromatic heterocycles. The Morgan fingerprint density at radius 3 is 2.55 bits per heavy atom. The van der Waals surface area contributed by atoms with E-state index in [1.165, 1.54) is 6.92 Å². The molecule has 2 saturated heterocycles. The van der Waals surface area contributed by atoms with Gasteiger partial charge in [-0.3, -0.25) is 15.5 Å². The summed E-state index contributed by atoms with van der Waals surface area (Å²) in [4.78, 5) is 12.7. The predicted molar refractivity (Wildman–Crippen MR) is 61.8 cm³/mol. The second-order valence-electron chi connectivity index (χ2n) is 5.07. The maximum atomic E-state index is 11.9. The van der Waals surface area contributed by atoms with Crippen LogP contribution in [0.2, 0.25) is 0 Å². The summed E-state index contributed by atoms with van der Waals surface area (Å²) in [6.45, 7) is 0.236. The molecule has 2 heterocycles. The lowest BCUT2D eigenvalue weighted by Gasteiger charge is -2.43. The highest BCUT2D eigenvalue weighted by Gasteiger charge is 2.52. The molecule has 5 atom stereocenters. The van der Waals surface area contributed by atoms with E-state index in [4.69, 9.17) is 15.3 Å². The van der Waals surface area contributed by atoms with E-state index < -0.39 is 55.2 Å². The molecular formula is C10H17N3O7. The van der Waals surface area contributed by atoms with Gasteiger partial charge in [-0.05, 0) is 6.92 Å². The summed E-state index contributed by atoms with van der Waals surface area (Å²) in [5, 5.41) is 55.3. The number of nitrogens with one attached hydrogen (secondary N) is 1. The van der Waals surface area contributed by atoms with Crippen LogP contribution in [0.4, 0.5) is 4.79 Å². The average Bonchev–Trinajstić information content (AvgIpc) is 2.68. The molecule has 0 aromatic rings. The normalized spacial score (nSPS) is 42.5. The fraction of sp³-hybridized carbons (Fsp3) is 0.800. The number of amidine groups is 1. The van der Waals surface area contributed by atoms with Gasteiger partial charge in [0.15, 0.2) is 12.1 Å². The number of hydrogen-bond acceptors (Lipinski definition) is 8. The predicted octanol–water partition coefficient (Wildman–Crippen LogP) is -2.72. The Bertz CT molecular complexity index is 429. The Morgan fingerprint density at radius 2 is 2.05 bits per heavy atom. The van der Waals surface area contributed by atoms with E-state index in [-0.39, 0.29) is 5.06 Å². The summed E-state index contributed by atoms with van der Waals surface area (Å²) >= 11 is 0. The first-order chi connectivity index (χ1) is 9.20. The van der Waals surface area contributed by atoms with E-state index in [1.54, 1.807) is 0 Å². The van der Waals surface area contributed by atoms with E-state index in [0.29, 0.717) is 0 Å². The molecule has 10 heteroatoms. The van der Waals surface area contributed by atoms with Crippen molar-refractivity contribution in [3.05, 3.63) is 0 Å². The van der Waals surface area contributed by atoms with Crippen molar-refractivity contribution in [2.45, 2.75) is 37.1 Å². The first kappa shape index (κ1) is 15.1. The zero-order valence-corrected chi connectivity index (χ0v) is 10.7. The number of nitrogens with zero attached hydrogens (tertiary/aromatic N) is 2. The molecule has 0 aromatic carbocycles. The average molecular weight is 291 g/mol. The summed E-state index contributed by atoms with van der Waals surface area (Å²) < 4.78 is 5.16. The monoisotopic (exact) mass is 291 g/mol. The van der Waals surface area contributed by atoms with Crippen LogP contribution in [0, 0.1) is 5.41 Å². The van der Waals surface area contributed by atoms with Gasteiger partial charge in [0.25, 0.3) is 0 Å². The molecule has 10 nitrogen and oxygen atoms in total. The third-order valence-electron chi connectivity index (χ3n) is 3.45. The van der Waals surface area contributed by atoms with E-state index in [9.17, 15) is 25.3 Å². The number of aliphatic hydroxyl groups excluding tert-OH is 3. The fourth-order valence-corrected chi connectivity index (χ4v) is 2.26. The van der Waals surface area contributed by atoms with E-state index >= 15 is 0 Å². The van der Waals surface area contributed by atoms with Crippen LogP contribution in [0.3, 0.4) is 0 Å². The van der Waals surface area contributed by atoms with Crippen LogP contribution in [0.1, 0.15) is 6.92 Å². The van der Waals surface area contributed by atoms with Crippen molar-refractivity contribution in [2.24, 2.45) is 0 Å². The van der Waals surface area contributed by atoms with Crippen LogP contribution in [-0.2, 0) is 4.74 Å². The van der Waals surface area contributed by atoms with E-state index in [0.717, 1.165) is 4.90 Å². The van der Waals surface area contributed by atoms with Crippen LogP contribution in [0.15, 0.2) is 0 Å². The molecule has 0 spiro atoms. The second-order valence-corrected chi connectivity index (χ2v) is 5.07. The minimum absolute atomic E-state index is 0.0573. The lowest BCUT2D eigenvalue weighted by atomic mass is 10.0. The molecule has 1 unspecified atom stereocenters. The molecule has 114 valence electrons. The number of carbonyl (C=O) groups excluding carboxylic acids is 1. The van der Waals surface area contributed by atoms with E-state index in [2.05, 4.69) is 0 Å².